The number of benzene rings is 2. The summed E-state index contributed by atoms with van der Waals surface area (Å²) in [7, 11) is 4.53. The highest BCUT2D eigenvalue weighted by Gasteiger charge is 2.13. The topological polar surface area (TPSA) is 112 Å². The van der Waals surface area contributed by atoms with Gasteiger partial charge in [0.2, 0.25) is 0 Å². The van der Waals surface area contributed by atoms with E-state index < -0.39 is 11.0 Å². The van der Waals surface area contributed by atoms with Gasteiger partial charge in [-0.1, -0.05) is 6.07 Å². The third-order valence-electron chi connectivity index (χ3n) is 3.54. The SMILES string of the molecule is COc1cc(OC)c(OC)cc1CNC(=O)Nc1cccc([N+](=O)[O-])c1. The van der Waals surface area contributed by atoms with E-state index in [-0.39, 0.29) is 12.2 Å². The third-order valence-corrected chi connectivity index (χ3v) is 3.54. The predicted octanol–water partition coefficient (Wildman–Crippen LogP) is 2.94. The molecule has 0 aliphatic heterocycles. The highest BCUT2D eigenvalue weighted by atomic mass is 16.6. The van der Waals surface area contributed by atoms with E-state index in [1.807, 2.05) is 0 Å². The van der Waals surface area contributed by atoms with Gasteiger partial charge in [0.15, 0.2) is 11.5 Å². The fraction of sp³-hybridized carbons (Fsp3) is 0.235. The van der Waals surface area contributed by atoms with Crippen molar-refractivity contribution in [2.75, 3.05) is 26.6 Å². The second-order valence-electron chi connectivity index (χ2n) is 5.13. The van der Waals surface area contributed by atoms with Crippen molar-refractivity contribution in [2.24, 2.45) is 0 Å². The standard InChI is InChI=1S/C17H19N3O6/c1-24-14-9-16(26-3)15(25-2)7-11(14)10-18-17(21)19-12-5-4-6-13(8-12)20(22)23/h4-9H,10H2,1-3H3,(H2,18,19,21). The van der Waals surface area contributed by atoms with Gasteiger partial charge in [0.05, 0.1) is 26.3 Å². The number of hydrogen-bond acceptors (Lipinski definition) is 6. The highest BCUT2D eigenvalue weighted by molar-refractivity contribution is 5.89. The molecule has 0 unspecified atom stereocenters. The van der Waals surface area contributed by atoms with Gasteiger partial charge >= 0.3 is 6.03 Å². The molecule has 0 atom stereocenters. The first-order valence-electron chi connectivity index (χ1n) is 7.56. The Morgan fingerprint density at radius 1 is 1.04 bits per heavy atom. The predicted molar refractivity (Wildman–Crippen MR) is 95.1 cm³/mol. The molecule has 2 amide bonds. The summed E-state index contributed by atoms with van der Waals surface area (Å²) < 4.78 is 15.7. The van der Waals surface area contributed by atoms with Gasteiger partial charge < -0.3 is 24.8 Å². The Morgan fingerprint density at radius 3 is 2.31 bits per heavy atom. The van der Waals surface area contributed by atoms with E-state index in [4.69, 9.17) is 14.2 Å². The fourth-order valence-corrected chi connectivity index (χ4v) is 2.28. The Kier molecular flexibility index (Phi) is 6.20. The van der Waals surface area contributed by atoms with Crippen LogP contribution in [0.2, 0.25) is 0 Å². The van der Waals surface area contributed by atoms with Crippen molar-refractivity contribution in [1.29, 1.82) is 0 Å². The molecule has 0 fully saturated rings. The van der Waals surface area contributed by atoms with Crippen LogP contribution in [-0.2, 0) is 6.54 Å². The summed E-state index contributed by atoms with van der Waals surface area (Å²) in [4.78, 5) is 22.3. The minimum atomic E-state index is -0.530. The maximum Gasteiger partial charge on any atom is 0.319 e. The zero-order valence-corrected chi connectivity index (χ0v) is 14.6. The Bertz CT molecular complexity index is 809. The zero-order chi connectivity index (χ0) is 19.1. The number of urea groups is 1. The number of carbonyl (C=O) groups is 1. The molecule has 26 heavy (non-hydrogen) atoms. The highest BCUT2D eigenvalue weighted by Crippen LogP contribution is 2.34. The van der Waals surface area contributed by atoms with Crippen molar-refractivity contribution in [3.05, 3.63) is 52.1 Å². The molecular formula is C17H19N3O6. The van der Waals surface area contributed by atoms with E-state index in [2.05, 4.69) is 10.6 Å². The number of nitro benzene ring substituents is 1. The number of non-ortho nitro benzene ring substituents is 1. The van der Waals surface area contributed by atoms with E-state index in [0.29, 0.717) is 28.5 Å². The summed E-state index contributed by atoms with van der Waals surface area (Å²) in [5.74, 6) is 1.54. The number of rotatable bonds is 7. The van der Waals surface area contributed by atoms with Crippen molar-refractivity contribution < 1.29 is 23.9 Å². The summed E-state index contributed by atoms with van der Waals surface area (Å²) in [6.45, 7) is 0.157. The number of nitrogens with one attached hydrogen (secondary N) is 2. The van der Waals surface area contributed by atoms with Gasteiger partial charge in [-0.25, -0.2) is 4.79 Å². The monoisotopic (exact) mass is 361 g/mol. The second kappa shape index (κ2) is 8.56. The first-order chi connectivity index (χ1) is 12.5. The van der Waals surface area contributed by atoms with Crippen LogP contribution in [-0.4, -0.2) is 32.3 Å². The van der Waals surface area contributed by atoms with Crippen LogP contribution < -0.4 is 24.8 Å². The molecule has 9 nitrogen and oxygen atoms in total. The average molecular weight is 361 g/mol. The first kappa shape index (κ1) is 18.8. The van der Waals surface area contributed by atoms with E-state index >= 15 is 0 Å². The molecule has 0 saturated heterocycles. The van der Waals surface area contributed by atoms with Gasteiger partial charge in [-0.05, 0) is 12.1 Å². The van der Waals surface area contributed by atoms with Crippen molar-refractivity contribution in [2.45, 2.75) is 6.54 Å². The number of nitro groups is 1. The van der Waals surface area contributed by atoms with Crippen LogP contribution in [0.3, 0.4) is 0 Å². The molecule has 0 aromatic heterocycles. The lowest BCUT2D eigenvalue weighted by atomic mass is 10.1. The molecule has 0 heterocycles. The lowest BCUT2D eigenvalue weighted by Crippen LogP contribution is -2.28. The van der Waals surface area contributed by atoms with Gasteiger partial charge in [-0.15, -0.1) is 0 Å². The van der Waals surface area contributed by atoms with Crippen molar-refractivity contribution >= 4 is 17.4 Å². The van der Waals surface area contributed by atoms with Crippen molar-refractivity contribution in [3.63, 3.8) is 0 Å². The summed E-state index contributed by atoms with van der Waals surface area (Å²) in [5.41, 5.74) is 0.889. The number of methoxy groups -OCH3 is 3. The van der Waals surface area contributed by atoms with E-state index in [0.717, 1.165) is 0 Å². The van der Waals surface area contributed by atoms with Crippen LogP contribution >= 0.6 is 0 Å². The van der Waals surface area contributed by atoms with E-state index in [1.54, 1.807) is 18.2 Å². The lowest BCUT2D eigenvalue weighted by Gasteiger charge is -2.15. The molecule has 0 bridgehead atoms. The molecular weight excluding hydrogens is 342 g/mol. The third kappa shape index (κ3) is 4.53. The summed E-state index contributed by atoms with van der Waals surface area (Å²) in [5, 5.41) is 16.0. The molecule has 2 aromatic carbocycles. The van der Waals surface area contributed by atoms with Crippen molar-refractivity contribution in [1.82, 2.24) is 5.32 Å². The van der Waals surface area contributed by atoms with Gasteiger partial charge in [0.1, 0.15) is 5.75 Å². The maximum absolute atomic E-state index is 12.1. The number of nitrogens with zero attached hydrogens (tertiary/aromatic N) is 1. The molecule has 2 rings (SSSR count). The smallest absolute Gasteiger partial charge is 0.319 e. The van der Waals surface area contributed by atoms with Crippen LogP contribution in [0, 0.1) is 10.1 Å². The lowest BCUT2D eigenvalue weighted by molar-refractivity contribution is -0.384. The van der Waals surface area contributed by atoms with Crippen LogP contribution in [0.1, 0.15) is 5.56 Å². The second-order valence-corrected chi connectivity index (χ2v) is 5.13. The Balaban J connectivity index is 2.07. The fourth-order valence-electron chi connectivity index (χ4n) is 2.28. The number of hydrogen-bond donors (Lipinski definition) is 2. The Labute approximate surface area is 150 Å². The van der Waals surface area contributed by atoms with Gasteiger partial charge in [-0.3, -0.25) is 10.1 Å². The molecule has 9 heteroatoms. The van der Waals surface area contributed by atoms with Crippen LogP contribution in [0.15, 0.2) is 36.4 Å². The zero-order valence-electron chi connectivity index (χ0n) is 14.6. The van der Waals surface area contributed by atoms with Crippen molar-refractivity contribution in [3.8, 4) is 17.2 Å². The molecule has 2 N–H and O–H groups in total. The van der Waals surface area contributed by atoms with Crippen LogP contribution in [0.4, 0.5) is 16.2 Å². The van der Waals surface area contributed by atoms with E-state index in [1.165, 1.54) is 39.5 Å². The van der Waals surface area contributed by atoms with Crippen LogP contribution in [0.5, 0.6) is 17.2 Å². The molecule has 138 valence electrons. The van der Waals surface area contributed by atoms with Gasteiger partial charge in [0.25, 0.3) is 5.69 Å². The minimum absolute atomic E-state index is 0.107. The molecule has 0 radical (unpaired) electrons. The van der Waals surface area contributed by atoms with Gasteiger partial charge in [0, 0.05) is 36.0 Å². The number of ether oxygens (including phenoxy) is 3. The normalized spacial score (nSPS) is 9.96. The Hall–Kier alpha value is -3.49. The average Bonchev–Trinajstić information content (AvgIpc) is 2.65. The molecule has 0 saturated carbocycles. The number of amides is 2. The number of carbonyl (C=O) groups excluding carboxylic acids is 1. The molecule has 2 aromatic rings. The molecule has 0 aliphatic carbocycles. The first-order valence-corrected chi connectivity index (χ1v) is 7.56. The Morgan fingerprint density at radius 2 is 1.69 bits per heavy atom. The summed E-state index contributed by atoms with van der Waals surface area (Å²) >= 11 is 0. The summed E-state index contributed by atoms with van der Waals surface area (Å²) in [6, 6.07) is 8.52. The summed E-state index contributed by atoms with van der Waals surface area (Å²) in [6.07, 6.45) is 0. The maximum atomic E-state index is 12.1. The van der Waals surface area contributed by atoms with Crippen LogP contribution in [0.25, 0.3) is 0 Å². The molecule has 0 aliphatic rings. The largest absolute Gasteiger partial charge is 0.496 e. The number of anilines is 1. The van der Waals surface area contributed by atoms with E-state index in [9.17, 15) is 14.9 Å². The minimum Gasteiger partial charge on any atom is -0.496 e. The van der Waals surface area contributed by atoms with Gasteiger partial charge in [-0.2, -0.15) is 0 Å². The quantitative estimate of drug-likeness (QED) is 0.579. The molecule has 0 spiro atoms.